The van der Waals surface area contributed by atoms with E-state index < -0.39 is 12.1 Å². The van der Waals surface area contributed by atoms with Crippen molar-refractivity contribution >= 4 is 33.8 Å². The molecule has 0 aliphatic rings. The Morgan fingerprint density at radius 1 is 0.909 bits per heavy atom. The summed E-state index contributed by atoms with van der Waals surface area (Å²) >= 11 is 0. The molecule has 4 N–H and O–H groups in total. The summed E-state index contributed by atoms with van der Waals surface area (Å²) in [5.74, 6) is -0.0190. The minimum atomic E-state index is -0.744. The lowest BCUT2D eigenvalue weighted by Crippen LogP contribution is -2.48. The smallest absolute Gasteiger partial charge is 0.407 e. The lowest BCUT2D eigenvalue weighted by molar-refractivity contribution is -0.123. The van der Waals surface area contributed by atoms with Crippen LogP contribution in [0.3, 0.4) is 0 Å². The number of para-hydroxylation sites is 2. The molecule has 2 heterocycles. The molecule has 172 valence electrons. The molecule has 7 heteroatoms. The first kappa shape index (κ1) is 22.5. The molecule has 0 saturated heterocycles. The number of aromatic amines is 2. The van der Waals surface area contributed by atoms with Crippen LogP contribution in [0.2, 0.25) is 0 Å². The average molecular weight is 447 g/mol. The Kier molecular flexibility index (Phi) is 6.98. The number of alkyl carbamates (subject to hydrolysis) is 1. The van der Waals surface area contributed by atoms with Gasteiger partial charge in [-0.3, -0.25) is 4.79 Å². The van der Waals surface area contributed by atoms with Gasteiger partial charge in [-0.05, 0) is 35.6 Å². The van der Waals surface area contributed by atoms with E-state index in [0.29, 0.717) is 26.0 Å². The van der Waals surface area contributed by atoms with Gasteiger partial charge < -0.3 is 25.3 Å². The van der Waals surface area contributed by atoms with Gasteiger partial charge in [-0.1, -0.05) is 50.2 Å². The van der Waals surface area contributed by atoms with Gasteiger partial charge in [0.2, 0.25) is 5.91 Å². The highest BCUT2D eigenvalue weighted by molar-refractivity contribution is 5.88. The first-order valence-corrected chi connectivity index (χ1v) is 11.3. The molecule has 0 radical (unpaired) electrons. The van der Waals surface area contributed by atoms with Gasteiger partial charge in [0.05, 0.1) is 6.61 Å². The van der Waals surface area contributed by atoms with E-state index in [4.69, 9.17) is 4.74 Å². The molecule has 0 bridgehead atoms. The quantitative estimate of drug-likeness (QED) is 0.308. The topological polar surface area (TPSA) is 99.0 Å². The molecule has 2 amide bonds. The number of carbonyl (C=O) groups excluding carboxylic acids is 2. The van der Waals surface area contributed by atoms with Crippen LogP contribution < -0.4 is 10.6 Å². The molecule has 0 fully saturated rings. The molecule has 0 aliphatic heterocycles. The molecular weight excluding hydrogens is 416 g/mol. The second-order valence-electron chi connectivity index (χ2n) is 8.65. The summed E-state index contributed by atoms with van der Waals surface area (Å²) in [6, 6.07) is 15.2. The molecule has 0 unspecified atom stereocenters. The lowest BCUT2D eigenvalue weighted by Gasteiger charge is -2.19. The first-order chi connectivity index (χ1) is 16.0. The molecule has 2 aromatic heterocycles. The Hall–Kier alpha value is -3.74. The molecule has 4 rings (SSSR count). The number of aromatic nitrogens is 2. The van der Waals surface area contributed by atoms with E-state index in [1.54, 1.807) is 0 Å². The van der Waals surface area contributed by atoms with Crippen molar-refractivity contribution in [3.8, 4) is 0 Å². The zero-order valence-electron chi connectivity index (χ0n) is 19.0. The van der Waals surface area contributed by atoms with E-state index in [-0.39, 0.29) is 11.8 Å². The molecule has 0 spiro atoms. The SMILES string of the molecule is CC(C)COC(=O)N[C@@H](Cc1c[nH]c2ccccc12)C(=O)NCCc1c[nH]c2ccccc12. The van der Waals surface area contributed by atoms with Crippen LogP contribution in [0.25, 0.3) is 21.8 Å². The first-order valence-electron chi connectivity index (χ1n) is 11.3. The maximum atomic E-state index is 13.1. The monoisotopic (exact) mass is 446 g/mol. The molecule has 4 aromatic rings. The van der Waals surface area contributed by atoms with Gasteiger partial charge in [-0.25, -0.2) is 4.79 Å². The zero-order chi connectivity index (χ0) is 23.2. The number of ether oxygens (including phenoxy) is 1. The fourth-order valence-corrected chi connectivity index (χ4v) is 3.94. The summed E-state index contributed by atoms with van der Waals surface area (Å²) in [5.41, 5.74) is 4.17. The number of hydrogen-bond acceptors (Lipinski definition) is 3. The van der Waals surface area contributed by atoms with Crippen LogP contribution in [-0.4, -0.2) is 41.2 Å². The standard InChI is InChI=1S/C26H30N4O3/c1-17(2)16-33-26(32)30-24(13-19-15-29-23-10-6-4-8-21(19)23)25(31)27-12-11-18-14-28-22-9-5-3-7-20(18)22/h3-10,14-15,17,24,28-29H,11-13,16H2,1-2H3,(H,27,31)(H,30,32)/t24-/m0/s1. The molecule has 2 aromatic carbocycles. The lowest BCUT2D eigenvalue weighted by atomic mass is 10.0. The summed E-state index contributed by atoms with van der Waals surface area (Å²) < 4.78 is 5.26. The van der Waals surface area contributed by atoms with Crippen molar-refractivity contribution in [2.75, 3.05) is 13.2 Å². The number of rotatable bonds is 9. The third kappa shape index (κ3) is 5.55. The van der Waals surface area contributed by atoms with Gasteiger partial charge in [-0.2, -0.15) is 0 Å². The predicted molar refractivity (Wildman–Crippen MR) is 130 cm³/mol. The molecule has 7 nitrogen and oxygen atoms in total. The third-order valence-corrected chi connectivity index (χ3v) is 5.62. The maximum Gasteiger partial charge on any atom is 0.407 e. The number of hydrogen-bond donors (Lipinski definition) is 4. The highest BCUT2D eigenvalue weighted by atomic mass is 16.5. The Balaban J connectivity index is 1.43. The van der Waals surface area contributed by atoms with E-state index in [1.165, 1.54) is 0 Å². The van der Waals surface area contributed by atoms with Crippen LogP contribution in [0.15, 0.2) is 60.9 Å². The largest absolute Gasteiger partial charge is 0.449 e. The van der Waals surface area contributed by atoms with Crippen molar-refractivity contribution in [1.82, 2.24) is 20.6 Å². The van der Waals surface area contributed by atoms with Gasteiger partial charge >= 0.3 is 6.09 Å². The van der Waals surface area contributed by atoms with Gasteiger partial charge in [0.15, 0.2) is 0 Å². The summed E-state index contributed by atoms with van der Waals surface area (Å²) in [7, 11) is 0. The molecule has 0 saturated carbocycles. The van der Waals surface area contributed by atoms with Crippen LogP contribution in [-0.2, 0) is 22.4 Å². The van der Waals surface area contributed by atoms with E-state index in [0.717, 1.165) is 32.9 Å². The van der Waals surface area contributed by atoms with Gasteiger partial charge in [0.25, 0.3) is 0 Å². The fourth-order valence-electron chi connectivity index (χ4n) is 3.94. The minimum Gasteiger partial charge on any atom is -0.449 e. The predicted octanol–water partition coefficient (Wildman–Crippen LogP) is 4.30. The summed E-state index contributed by atoms with van der Waals surface area (Å²) in [6.07, 6.45) is 4.33. The van der Waals surface area contributed by atoms with Crippen LogP contribution in [0.4, 0.5) is 4.79 Å². The number of carbonyl (C=O) groups is 2. The number of amides is 2. The van der Waals surface area contributed by atoms with Gasteiger partial charge in [0, 0.05) is 47.2 Å². The second kappa shape index (κ2) is 10.3. The highest BCUT2D eigenvalue weighted by Gasteiger charge is 2.23. The van der Waals surface area contributed by atoms with Crippen molar-refractivity contribution in [3.05, 3.63) is 72.1 Å². The highest BCUT2D eigenvalue weighted by Crippen LogP contribution is 2.20. The fraction of sp³-hybridized carbons (Fsp3) is 0.308. The van der Waals surface area contributed by atoms with E-state index >= 15 is 0 Å². The number of nitrogens with one attached hydrogen (secondary N) is 4. The maximum absolute atomic E-state index is 13.1. The van der Waals surface area contributed by atoms with E-state index in [2.05, 4.69) is 26.7 Å². The second-order valence-corrected chi connectivity index (χ2v) is 8.65. The average Bonchev–Trinajstić information content (AvgIpc) is 3.41. The molecular formula is C26H30N4O3. The van der Waals surface area contributed by atoms with Crippen LogP contribution in [0, 0.1) is 5.92 Å². The Morgan fingerprint density at radius 2 is 1.52 bits per heavy atom. The van der Waals surface area contributed by atoms with Crippen LogP contribution in [0.1, 0.15) is 25.0 Å². The Labute approximate surface area is 192 Å². The summed E-state index contributed by atoms with van der Waals surface area (Å²) in [4.78, 5) is 31.9. The van der Waals surface area contributed by atoms with Gasteiger partial charge in [-0.15, -0.1) is 0 Å². The molecule has 0 aliphatic carbocycles. The number of benzene rings is 2. The van der Waals surface area contributed by atoms with Crippen molar-refractivity contribution in [1.29, 1.82) is 0 Å². The normalized spacial score (nSPS) is 12.2. The summed E-state index contributed by atoms with van der Waals surface area (Å²) in [6.45, 7) is 4.70. The molecule has 33 heavy (non-hydrogen) atoms. The third-order valence-electron chi connectivity index (χ3n) is 5.62. The Morgan fingerprint density at radius 3 is 2.18 bits per heavy atom. The van der Waals surface area contributed by atoms with Crippen LogP contribution >= 0.6 is 0 Å². The van der Waals surface area contributed by atoms with Crippen LogP contribution in [0.5, 0.6) is 0 Å². The number of fused-ring (bicyclic) bond motifs is 2. The minimum absolute atomic E-state index is 0.216. The van der Waals surface area contributed by atoms with Crippen molar-refractivity contribution in [3.63, 3.8) is 0 Å². The molecule has 1 atom stereocenters. The van der Waals surface area contributed by atoms with E-state index in [1.807, 2.05) is 68.7 Å². The Bertz CT molecular complexity index is 1240. The van der Waals surface area contributed by atoms with Crippen molar-refractivity contribution < 1.29 is 14.3 Å². The zero-order valence-corrected chi connectivity index (χ0v) is 19.0. The summed E-state index contributed by atoms with van der Waals surface area (Å²) in [5, 5.41) is 7.92. The van der Waals surface area contributed by atoms with Gasteiger partial charge in [0.1, 0.15) is 6.04 Å². The van der Waals surface area contributed by atoms with Crippen molar-refractivity contribution in [2.45, 2.75) is 32.7 Å². The number of H-pyrrole nitrogens is 2. The van der Waals surface area contributed by atoms with Crippen molar-refractivity contribution in [2.24, 2.45) is 5.92 Å². The van der Waals surface area contributed by atoms with E-state index in [9.17, 15) is 9.59 Å².